The van der Waals surface area contributed by atoms with E-state index in [-0.39, 0.29) is 5.56 Å². The molecule has 0 bridgehead atoms. The van der Waals surface area contributed by atoms with Crippen molar-refractivity contribution in [3.8, 4) is 0 Å². The van der Waals surface area contributed by atoms with Crippen LogP contribution in [-0.2, 0) is 0 Å². The summed E-state index contributed by atoms with van der Waals surface area (Å²) in [6.45, 7) is 0. The van der Waals surface area contributed by atoms with E-state index >= 15 is 0 Å². The van der Waals surface area contributed by atoms with Gasteiger partial charge in [-0.3, -0.25) is 0 Å². The van der Waals surface area contributed by atoms with Gasteiger partial charge in [0, 0.05) is 11.1 Å². The lowest BCUT2D eigenvalue weighted by atomic mass is 10.2. The summed E-state index contributed by atoms with van der Waals surface area (Å²) < 4.78 is 0.973. The van der Waals surface area contributed by atoms with Crippen LogP contribution in [-0.4, -0.2) is 21.0 Å². The topological polar surface area (TPSA) is 75.1 Å². The molecule has 5 nitrogen and oxygen atoms in total. The van der Waals surface area contributed by atoms with E-state index in [1.54, 1.807) is 30.6 Å². The zero-order chi connectivity index (χ0) is 15.4. The molecule has 7 heteroatoms. The van der Waals surface area contributed by atoms with Gasteiger partial charge < -0.3 is 10.4 Å². The molecule has 2 heterocycles. The summed E-state index contributed by atoms with van der Waals surface area (Å²) >= 11 is 2.97. The van der Waals surface area contributed by atoms with E-state index in [4.69, 9.17) is 5.11 Å². The van der Waals surface area contributed by atoms with Gasteiger partial charge in [-0.15, -0.1) is 0 Å². The molecule has 22 heavy (non-hydrogen) atoms. The Morgan fingerprint density at radius 1 is 1.18 bits per heavy atom. The molecule has 0 aliphatic heterocycles. The Morgan fingerprint density at radius 3 is 2.86 bits per heavy atom. The van der Waals surface area contributed by atoms with Crippen LogP contribution in [0.25, 0.3) is 0 Å². The number of thiazole rings is 1. The quantitative estimate of drug-likeness (QED) is 0.733. The molecule has 0 unspecified atom stereocenters. The Bertz CT molecular complexity index is 790. The molecule has 0 aliphatic rings. The summed E-state index contributed by atoms with van der Waals surface area (Å²) in [5.41, 5.74) is 0.279. The first-order chi connectivity index (χ1) is 10.7. The zero-order valence-corrected chi connectivity index (χ0v) is 12.9. The van der Waals surface area contributed by atoms with Gasteiger partial charge in [-0.05, 0) is 30.3 Å². The Morgan fingerprint density at radius 2 is 2.09 bits per heavy atom. The van der Waals surface area contributed by atoms with Crippen LogP contribution >= 0.6 is 23.1 Å². The van der Waals surface area contributed by atoms with Gasteiger partial charge >= 0.3 is 5.97 Å². The van der Waals surface area contributed by atoms with Crippen LogP contribution in [0.3, 0.4) is 0 Å². The fourth-order valence-corrected chi connectivity index (χ4v) is 3.64. The summed E-state index contributed by atoms with van der Waals surface area (Å²) in [6.07, 6.45) is 3.47. The SMILES string of the molecule is O=C(O)c1cccc(Sc2cnc(Nc3ccccn3)s2)c1. The van der Waals surface area contributed by atoms with Crippen molar-refractivity contribution < 1.29 is 9.90 Å². The average molecular weight is 329 g/mol. The van der Waals surface area contributed by atoms with Crippen LogP contribution in [0.4, 0.5) is 10.9 Å². The lowest BCUT2D eigenvalue weighted by Crippen LogP contribution is -1.95. The van der Waals surface area contributed by atoms with Crippen molar-refractivity contribution in [2.75, 3.05) is 5.32 Å². The Labute approximate surface area is 135 Å². The van der Waals surface area contributed by atoms with E-state index in [1.807, 2.05) is 24.3 Å². The number of aromatic carboxylic acids is 1. The molecule has 110 valence electrons. The molecule has 3 aromatic rings. The number of hydrogen-bond donors (Lipinski definition) is 2. The number of anilines is 2. The van der Waals surface area contributed by atoms with Gasteiger partial charge in [-0.1, -0.05) is 35.2 Å². The molecule has 0 amide bonds. The number of nitrogens with one attached hydrogen (secondary N) is 1. The van der Waals surface area contributed by atoms with E-state index in [0.29, 0.717) is 0 Å². The second-order valence-corrected chi connectivity index (χ2v) is 6.66. The minimum absolute atomic E-state index is 0.279. The van der Waals surface area contributed by atoms with Crippen LogP contribution in [0.5, 0.6) is 0 Å². The number of rotatable bonds is 5. The monoisotopic (exact) mass is 329 g/mol. The van der Waals surface area contributed by atoms with E-state index in [2.05, 4.69) is 15.3 Å². The van der Waals surface area contributed by atoms with Crippen molar-refractivity contribution in [1.29, 1.82) is 0 Å². The van der Waals surface area contributed by atoms with Crippen molar-refractivity contribution in [2.45, 2.75) is 9.10 Å². The fourth-order valence-electron chi connectivity index (χ4n) is 1.72. The number of aromatic nitrogens is 2. The van der Waals surface area contributed by atoms with Crippen LogP contribution in [0, 0.1) is 0 Å². The third-order valence-electron chi connectivity index (χ3n) is 2.68. The second-order valence-electron chi connectivity index (χ2n) is 4.26. The minimum Gasteiger partial charge on any atom is -0.478 e. The summed E-state index contributed by atoms with van der Waals surface area (Å²) in [4.78, 5) is 20.3. The first kappa shape index (κ1) is 14.6. The number of pyridine rings is 1. The van der Waals surface area contributed by atoms with Crippen LogP contribution in [0.2, 0.25) is 0 Å². The summed E-state index contributed by atoms with van der Waals surface area (Å²) in [6, 6.07) is 12.5. The highest BCUT2D eigenvalue weighted by Gasteiger charge is 2.07. The first-order valence-electron chi connectivity index (χ1n) is 6.36. The molecular formula is C15H11N3O2S2. The number of nitrogens with zero attached hydrogens (tertiary/aromatic N) is 2. The molecule has 1 aromatic carbocycles. The van der Waals surface area contributed by atoms with E-state index in [9.17, 15) is 4.79 Å². The summed E-state index contributed by atoms with van der Waals surface area (Å²) in [5.74, 6) is -0.189. The van der Waals surface area contributed by atoms with Gasteiger partial charge in [-0.2, -0.15) is 0 Å². The van der Waals surface area contributed by atoms with Crippen LogP contribution < -0.4 is 5.32 Å². The van der Waals surface area contributed by atoms with Gasteiger partial charge in [0.1, 0.15) is 5.82 Å². The maximum absolute atomic E-state index is 11.0. The molecule has 0 radical (unpaired) electrons. The zero-order valence-electron chi connectivity index (χ0n) is 11.3. The van der Waals surface area contributed by atoms with Crippen molar-refractivity contribution >= 4 is 40.0 Å². The number of carboxylic acid groups (broad SMARTS) is 1. The first-order valence-corrected chi connectivity index (χ1v) is 7.99. The predicted octanol–water partition coefficient (Wildman–Crippen LogP) is 4.13. The third kappa shape index (κ3) is 3.63. The third-order valence-corrected chi connectivity index (χ3v) is 4.69. The Hall–Kier alpha value is -2.38. The molecule has 0 saturated carbocycles. The molecule has 0 atom stereocenters. The van der Waals surface area contributed by atoms with Gasteiger partial charge in [0.15, 0.2) is 5.13 Å². The maximum atomic E-state index is 11.0. The van der Waals surface area contributed by atoms with Gasteiger partial charge in [0.05, 0.1) is 16.0 Å². The van der Waals surface area contributed by atoms with Crippen molar-refractivity contribution in [3.05, 3.63) is 60.4 Å². The maximum Gasteiger partial charge on any atom is 0.335 e. The standard InChI is InChI=1S/C15H11N3O2S2/c19-14(20)10-4-3-5-11(8-10)21-13-9-17-15(22-13)18-12-6-1-2-7-16-12/h1-9H,(H,19,20)(H,16,17,18). The molecule has 2 N–H and O–H groups in total. The van der Waals surface area contributed by atoms with E-state index < -0.39 is 5.97 Å². The molecule has 0 spiro atoms. The minimum atomic E-state index is -0.927. The highest BCUT2D eigenvalue weighted by molar-refractivity contribution is 8.01. The highest BCUT2D eigenvalue weighted by atomic mass is 32.2. The van der Waals surface area contributed by atoms with Gasteiger partial charge in [-0.25, -0.2) is 14.8 Å². The van der Waals surface area contributed by atoms with Gasteiger partial charge in [0.2, 0.25) is 0 Å². The molecule has 0 fully saturated rings. The highest BCUT2D eigenvalue weighted by Crippen LogP contribution is 2.34. The Kier molecular flexibility index (Phi) is 4.36. The van der Waals surface area contributed by atoms with E-state index in [0.717, 1.165) is 20.1 Å². The van der Waals surface area contributed by atoms with Crippen molar-refractivity contribution in [3.63, 3.8) is 0 Å². The normalized spacial score (nSPS) is 10.4. The molecular weight excluding hydrogens is 318 g/mol. The average Bonchev–Trinajstić information content (AvgIpc) is 2.95. The molecule has 2 aromatic heterocycles. The molecule has 3 rings (SSSR count). The van der Waals surface area contributed by atoms with Crippen molar-refractivity contribution in [2.24, 2.45) is 0 Å². The second kappa shape index (κ2) is 6.59. The fraction of sp³-hybridized carbons (Fsp3) is 0. The number of benzene rings is 1. The number of carboxylic acids is 1. The number of hydrogen-bond acceptors (Lipinski definition) is 6. The Balaban J connectivity index is 1.72. The molecule has 0 saturated heterocycles. The van der Waals surface area contributed by atoms with E-state index in [1.165, 1.54) is 23.1 Å². The smallest absolute Gasteiger partial charge is 0.335 e. The van der Waals surface area contributed by atoms with Crippen molar-refractivity contribution in [1.82, 2.24) is 9.97 Å². The molecule has 0 aliphatic carbocycles. The summed E-state index contributed by atoms with van der Waals surface area (Å²) in [7, 11) is 0. The number of carbonyl (C=O) groups is 1. The predicted molar refractivity (Wildman–Crippen MR) is 87.2 cm³/mol. The lowest BCUT2D eigenvalue weighted by molar-refractivity contribution is 0.0696. The largest absolute Gasteiger partial charge is 0.478 e. The van der Waals surface area contributed by atoms with Crippen LogP contribution in [0.1, 0.15) is 10.4 Å². The lowest BCUT2D eigenvalue weighted by Gasteiger charge is -2.00. The van der Waals surface area contributed by atoms with Gasteiger partial charge in [0.25, 0.3) is 0 Å². The van der Waals surface area contributed by atoms with Crippen LogP contribution in [0.15, 0.2) is 64.0 Å². The summed E-state index contributed by atoms with van der Waals surface area (Å²) in [5, 5.41) is 12.9.